The van der Waals surface area contributed by atoms with Gasteiger partial charge in [-0.15, -0.1) is 0 Å². The SMILES string of the molecule is Cc1c(NC(=O)[C@@H]2CCCN(S(=O)(=O)c3ccc(F)cc3)C2)cnn1C. The van der Waals surface area contributed by atoms with E-state index in [0.717, 1.165) is 17.8 Å². The second-order valence-electron chi connectivity index (χ2n) is 6.41. The molecule has 1 N–H and O–H groups in total. The van der Waals surface area contributed by atoms with Crippen molar-refractivity contribution in [1.29, 1.82) is 0 Å². The summed E-state index contributed by atoms with van der Waals surface area (Å²) in [5.41, 5.74) is 1.45. The van der Waals surface area contributed by atoms with Crippen molar-refractivity contribution < 1.29 is 17.6 Å². The van der Waals surface area contributed by atoms with Crippen LogP contribution in [0, 0.1) is 18.7 Å². The minimum atomic E-state index is -3.75. The van der Waals surface area contributed by atoms with Crippen LogP contribution in [0.2, 0.25) is 0 Å². The van der Waals surface area contributed by atoms with Gasteiger partial charge in [0.2, 0.25) is 15.9 Å². The highest BCUT2D eigenvalue weighted by molar-refractivity contribution is 7.89. The summed E-state index contributed by atoms with van der Waals surface area (Å²) in [6.45, 7) is 2.29. The van der Waals surface area contributed by atoms with Gasteiger partial charge in [-0.2, -0.15) is 9.40 Å². The lowest BCUT2D eigenvalue weighted by atomic mass is 9.99. The standard InChI is InChI=1S/C17H21FN4O3S/c1-12-16(10-19-21(12)2)20-17(23)13-4-3-9-22(11-13)26(24,25)15-7-5-14(18)6-8-15/h5-8,10,13H,3-4,9,11H2,1-2H3,(H,20,23)/t13-/m1/s1. The lowest BCUT2D eigenvalue weighted by molar-refractivity contribution is -0.120. The van der Waals surface area contributed by atoms with Crippen molar-refractivity contribution in [3.8, 4) is 0 Å². The lowest BCUT2D eigenvalue weighted by Crippen LogP contribution is -2.43. The molecule has 1 fully saturated rings. The van der Waals surface area contributed by atoms with Gasteiger partial charge in [-0.25, -0.2) is 12.8 Å². The molecule has 1 aromatic heterocycles. The van der Waals surface area contributed by atoms with Crippen LogP contribution in [0.15, 0.2) is 35.4 Å². The summed E-state index contributed by atoms with van der Waals surface area (Å²) in [5.74, 6) is -1.16. The maximum absolute atomic E-state index is 13.1. The zero-order valence-electron chi connectivity index (χ0n) is 14.6. The first-order valence-corrected chi connectivity index (χ1v) is 9.78. The van der Waals surface area contributed by atoms with E-state index in [2.05, 4.69) is 10.4 Å². The summed E-state index contributed by atoms with van der Waals surface area (Å²) >= 11 is 0. The van der Waals surface area contributed by atoms with E-state index in [-0.39, 0.29) is 17.3 Å². The summed E-state index contributed by atoms with van der Waals surface area (Å²) in [7, 11) is -1.97. The van der Waals surface area contributed by atoms with E-state index in [1.807, 2.05) is 6.92 Å². The lowest BCUT2D eigenvalue weighted by Gasteiger charge is -2.31. The zero-order valence-corrected chi connectivity index (χ0v) is 15.5. The third kappa shape index (κ3) is 3.63. The number of amides is 1. The van der Waals surface area contributed by atoms with Crippen LogP contribution in [0.4, 0.5) is 10.1 Å². The number of anilines is 1. The van der Waals surface area contributed by atoms with Crippen LogP contribution >= 0.6 is 0 Å². The molecule has 7 nitrogen and oxygen atoms in total. The van der Waals surface area contributed by atoms with Crippen LogP contribution in [-0.2, 0) is 21.9 Å². The van der Waals surface area contributed by atoms with Crippen LogP contribution < -0.4 is 5.32 Å². The van der Waals surface area contributed by atoms with Gasteiger partial charge in [0.05, 0.1) is 28.4 Å². The fourth-order valence-electron chi connectivity index (χ4n) is 2.99. The Kier molecular flexibility index (Phi) is 5.10. The van der Waals surface area contributed by atoms with E-state index in [0.29, 0.717) is 25.1 Å². The molecule has 1 aromatic carbocycles. The number of benzene rings is 1. The Hall–Kier alpha value is -2.26. The van der Waals surface area contributed by atoms with E-state index in [1.54, 1.807) is 17.9 Å². The Morgan fingerprint density at radius 3 is 2.62 bits per heavy atom. The number of hydrogen-bond acceptors (Lipinski definition) is 4. The number of aromatic nitrogens is 2. The minimum Gasteiger partial charge on any atom is -0.323 e. The number of nitrogens with zero attached hydrogens (tertiary/aromatic N) is 3. The van der Waals surface area contributed by atoms with Gasteiger partial charge in [0, 0.05) is 20.1 Å². The summed E-state index contributed by atoms with van der Waals surface area (Å²) in [6.07, 6.45) is 2.77. The molecule has 0 radical (unpaired) electrons. The van der Waals surface area contributed by atoms with Crippen molar-refractivity contribution in [2.24, 2.45) is 13.0 Å². The Morgan fingerprint density at radius 2 is 2.00 bits per heavy atom. The van der Waals surface area contributed by atoms with E-state index in [4.69, 9.17) is 0 Å². The fourth-order valence-corrected chi connectivity index (χ4v) is 4.51. The summed E-state index contributed by atoms with van der Waals surface area (Å²) in [5, 5.41) is 6.91. The molecule has 0 aliphatic carbocycles. The van der Waals surface area contributed by atoms with Gasteiger partial charge < -0.3 is 5.32 Å². The van der Waals surface area contributed by atoms with Gasteiger partial charge in [0.1, 0.15) is 5.82 Å². The summed E-state index contributed by atoms with van der Waals surface area (Å²) < 4.78 is 41.5. The molecule has 1 amide bonds. The first kappa shape index (κ1) is 18.5. The van der Waals surface area contributed by atoms with Crippen molar-refractivity contribution in [3.05, 3.63) is 42.0 Å². The van der Waals surface area contributed by atoms with Gasteiger partial charge in [0.15, 0.2) is 0 Å². The second-order valence-corrected chi connectivity index (χ2v) is 8.35. The monoisotopic (exact) mass is 380 g/mol. The smallest absolute Gasteiger partial charge is 0.243 e. The minimum absolute atomic E-state index is 0.0306. The van der Waals surface area contributed by atoms with Crippen molar-refractivity contribution in [3.63, 3.8) is 0 Å². The Bertz CT molecular complexity index is 909. The summed E-state index contributed by atoms with van der Waals surface area (Å²) in [6, 6.07) is 4.72. The molecule has 0 spiro atoms. The predicted octanol–water partition coefficient (Wildman–Crippen LogP) is 1.91. The summed E-state index contributed by atoms with van der Waals surface area (Å²) in [4.78, 5) is 12.6. The fraction of sp³-hybridized carbons (Fsp3) is 0.412. The molecule has 0 bridgehead atoms. The van der Waals surface area contributed by atoms with Gasteiger partial charge in [-0.1, -0.05) is 0 Å². The van der Waals surface area contributed by atoms with Crippen LogP contribution in [0.5, 0.6) is 0 Å². The molecule has 3 rings (SSSR count). The molecule has 1 saturated heterocycles. The van der Waals surface area contributed by atoms with Crippen LogP contribution in [0.3, 0.4) is 0 Å². The van der Waals surface area contributed by atoms with Crippen molar-refractivity contribution in [1.82, 2.24) is 14.1 Å². The van der Waals surface area contributed by atoms with E-state index < -0.39 is 21.8 Å². The van der Waals surface area contributed by atoms with Crippen LogP contribution in [0.25, 0.3) is 0 Å². The molecule has 26 heavy (non-hydrogen) atoms. The van der Waals surface area contributed by atoms with Crippen molar-refractivity contribution in [2.45, 2.75) is 24.7 Å². The Labute approximate surface area is 151 Å². The largest absolute Gasteiger partial charge is 0.323 e. The number of aryl methyl sites for hydroxylation is 1. The van der Waals surface area contributed by atoms with Gasteiger partial charge in [0.25, 0.3) is 0 Å². The van der Waals surface area contributed by atoms with Gasteiger partial charge in [-0.3, -0.25) is 9.48 Å². The van der Waals surface area contributed by atoms with Crippen LogP contribution in [0.1, 0.15) is 18.5 Å². The topological polar surface area (TPSA) is 84.3 Å². The quantitative estimate of drug-likeness (QED) is 0.878. The number of piperidine rings is 1. The molecular weight excluding hydrogens is 359 g/mol. The molecule has 9 heteroatoms. The number of sulfonamides is 1. The first-order valence-electron chi connectivity index (χ1n) is 8.34. The molecule has 0 unspecified atom stereocenters. The van der Waals surface area contributed by atoms with Crippen molar-refractivity contribution >= 4 is 21.6 Å². The average molecular weight is 380 g/mol. The van der Waals surface area contributed by atoms with E-state index in [1.165, 1.54) is 16.4 Å². The first-order chi connectivity index (χ1) is 12.3. The highest BCUT2D eigenvalue weighted by Crippen LogP contribution is 2.25. The molecule has 2 heterocycles. The number of nitrogens with one attached hydrogen (secondary N) is 1. The number of carbonyl (C=O) groups is 1. The molecular formula is C17H21FN4O3S. The third-order valence-corrected chi connectivity index (χ3v) is 6.58. The number of carbonyl (C=O) groups excluding carboxylic acids is 1. The van der Waals surface area contributed by atoms with Crippen molar-refractivity contribution in [2.75, 3.05) is 18.4 Å². The molecule has 140 valence electrons. The molecule has 0 saturated carbocycles. The number of halogens is 1. The molecule has 2 aromatic rings. The second kappa shape index (κ2) is 7.16. The number of hydrogen-bond donors (Lipinski definition) is 1. The maximum atomic E-state index is 13.1. The Balaban J connectivity index is 1.73. The van der Waals surface area contributed by atoms with Gasteiger partial charge in [-0.05, 0) is 44.0 Å². The number of rotatable bonds is 4. The molecule has 1 aliphatic rings. The van der Waals surface area contributed by atoms with E-state index >= 15 is 0 Å². The van der Waals surface area contributed by atoms with Gasteiger partial charge >= 0.3 is 0 Å². The highest BCUT2D eigenvalue weighted by atomic mass is 32.2. The zero-order chi connectivity index (χ0) is 18.9. The molecule has 1 aliphatic heterocycles. The predicted molar refractivity (Wildman–Crippen MR) is 94.5 cm³/mol. The average Bonchev–Trinajstić information content (AvgIpc) is 2.94. The Morgan fingerprint density at radius 1 is 1.31 bits per heavy atom. The van der Waals surface area contributed by atoms with Crippen LogP contribution in [-0.4, -0.2) is 41.5 Å². The maximum Gasteiger partial charge on any atom is 0.243 e. The highest BCUT2D eigenvalue weighted by Gasteiger charge is 2.33. The third-order valence-electron chi connectivity index (χ3n) is 4.70. The molecule has 1 atom stereocenters. The van der Waals surface area contributed by atoms with E-state index in [9.17, 15) is 17.6 Å². The normalized spacial score (nSPS) is 18.7.